The van der Waals surface area contributed by atoms with E-state index in [-0.39, 0.29) is 0 Å². The summed E-state index contributed by atoms with van der Waals surface area (Å²) >= 11 is 0. The molecule has 0 bridgehead atoms. The van der Waals surface area contributed by atoms with Crippen LogP contribution < -0.4 is 0 Å². The molecule has 0 aliphatic rings. The van der Waals surface area contributed by atoms with Crippen LogP contribution in [0.3, 0.4) is 0 Å². The van der Waals surface area contributed by atoms with Crippen molar-refractivity contribution in [3.63, 3.8) is 0 Å². The van der Waals surface area contributed by atoms with Gasteiger partial charge in [0.05, 0.1) is 6.26 Å². The summed E-state index contributed by atoms with van der Waals surface area (Å²) in [5, 5.41) is 0. The molecule has 1 unspecified atom stereocenters. The maximum absolute atomic E-state index is 5.30. The van der Waals surface area contributed by atoms with Crippen molar-refractivity contribution >= 4 is 0 Å². The molecule has 12 heavy (non-hydrogen) atoms. The topological polar surface area (TPSA) is 13.1 Å². The van der Waals surface area contributed by atoms with Gasteiger partial charge >= 0.3 is 0 Å². The molecule has 0 N–H and O–H groups in total. The van der Waals surface area contributed by atoms with Gasteiger partial charge in [-0.2, -0.15) is 0 Å². The average Bonchev–Trinajstić information content (AvgIpc) is 2.37. The Morgan fingerprint density at radius 3 is 2.50 bits per heavy atom. The lowest BCUT2D eigenvalue weighted by Crippen LogP contribution is -2.19. The third-order valence-electron chi connectivity index (χ3n) is 2.57. The Morgan fingerprint density at radius 2 is 2.08 bits per heavy atom. The summed E-state index contributed by atoms with van der Waals surface area (Å²) in [4.78, 5) is 0. The van der Waals surface area contributed by atoms with Gasteiger partial charge < -0.3 is 4.42 Å². The van der Waals surface area contributed by atoms with Crippen molar-refractivity contribution in [3.05, 3.63) is 24.2 Å². The Bertz CT molecular complexity index is 216. The summed E-state index contributed by atoms with van der Waals surface area (Å²) < 4.78 is 5.30. The van der Waals surface area contributed by atoms with Crippen LogP contribution in [0, 0.1) is 11.3 Å². The Hall–Kier alpha value is -0.720. The maximum Gasteiger partial charge on any atom is 0.104 e. The van der Waals surface area contributed by atoms with Crippen molar-refractivity contribution in [2.45, 2.75) is 34.1 Å². The van der Waals surface area contributed by atoms with Gasteiger partial charge in [-0.3, -0.25) is 0 Å². The second kappa shape index (κ2) is 3.34. The molecule has 1 atom stereocenters. The third-order valence-corrected chi connectivity index (χ3v) is 2.57. The van der Waals surface area contributed by atoms with E-state index in [0.717, 1.165) is 12.2 Å². The molecule has 0 saturated heterocycles. The van der Waals surface area contributed by atoms with Crippen LogP contribution in [0.4, 0.5) is 0 Å². The predicted octanol–water partition coefficient (Wildman–Crippen LogP) is 3.50. The van der Waals surface area contributed by atoms with Crippen molar-refractivity contribution in [1.29, 1.82) is 0 Å². The van der Waals surface area contributed by atoms with Crippen LogP contribution in [0.5, 0.6) is 0 Å². The quantitative estimate of drug-likeness (QED) is 0.655. The van der Waals surface area contributed by atoms with Gasteiger partial charge in [-0.1, -0.05) is 27.7 Å². The zero-order valence-corrected chi connectivity index (χ0v) is 8.42. The lowest BCUT2D eigenvalue weighted by molar-refractivity contribution is 0.248. The minimum absolute atomic E-state index is 0.368. The molecule has 1 heteroatoms. The van der Waals surface area contributed by atoms with E-state index in [1.165, 1.54) is 0 Å². The first-order valence-corrected chi connectivity index (χ1v) is 4.52. The SMILES string of the molecule is CC(Cc1ccco1)C(C)(C)C. The molecule has 0 aliphatic carbocycles. The minimum atomic E-state index is 0.368. The summed E-state index contributed by atoms with van der Waals surface area (Å²) in [6.07, 6.45) is 2.78. The van der Waals surface area contributed by atoms with Gasteiger partial charge in [0, 0.05) is 6.42 Å². The molecule has 1 aromatic rings. The second-order valence-electron chi connectivity index (χ2n) is 4.55. The first-order valence-electron chi connectivity index (χ1n) is 4.52. The molecule has 0 spiro atoms. The summed E-state index contributed by atoms with van der Waals surface area (Å²) in [6, 6.07) is 3.99. The Morgan fingerprint density at radius 1 is 1.42 bits per heavy atom. The highest BCUT2D eigenvalue weighted by Crippen LogP contribution is 2.28. The fraction of sp³-hybridized carbons (Fsp3) is 0.636. The summed E-state index contributed by atoms with van der Waals surface area (Å²) in [5.41, 5.74) is 0.368. The van der Waals surface area contributed by atoms with Gasteiger partial charge in [0.25, 0.3) is 0 Å². The zero-order chi connectivity index (χ0) is 9.19. The molecular weight excluding hydrogens is 148 g/mol. The van der Waals surface area contributed by atoms with E-state index in [9.17, 15) is 0 Å². The fourth-order valence-electron chi connectivity index (χ4n) is 1.04. The minimum Gasteiger partial charge on any atom is -0.469 e. The maximum atomic E-state index is 5.30. The monoisotopic (exact) mass is 166 g/mol. The van der Waals surface area contributed by atoms with Crippen molar-refractivity contribution < 1.29 is 4.42 Å². The van der Waals surface area contributed by atoms with E-state index in [4.69, 9.17) is 4.42 Å². The molecule has 1 heterocycles. The Balaban J connectivity index is 2.53. The van der Waals surface area contributed by atoms with Crippen molar-refractivity contribution in [2.24, 2.45) is 11.3 Å². The van der Waals surface area contributed by atoms with Gasteiger partial charge in [0.1, 0.15) is 5.76 Å². The van der Waals surface area contributed by atoms with Crippen LogP contribution in [-0.4, -0.2) is 0 Å². The molecule has 0 radical (unpaired) electrons. The van der Waals surface area contributed by atoms with Crippen molar-refractivity contribution in [3.8, 4) is 0 Å². The van der Waals surface area contributed by atoms with E-state index in [1.807, 2.05) is 12.1 Å². The van der Waals surface area contributed by atoms with Gasteiger partial charge in [0.2, 0.25) is 0 Å². The largest absolute Gasteiger partial charge is 0.469 e. The van der Waals surface area contributed by atoms with E-state index < -0.39 is 0 Å². The van der Waals surface area contributed by atoms with Crippen LogP contribution >= 0.6 is 0 Å². The van der Waals surface area contributed by atoms with E-state index in [1.54, 1.807) is 6.26 Å². The van der Waals surface area contributed by atoms with Crippen LogP contribution in [0.1, 0.15) is 33.5 Å². The smallest absolute Gasteiger partial charge is 0.104 e. The highest BCUT2D eigenvalue weighted by atomic mass is 16.3. The van der Waals surface area contributed by atoms with Gasteiger partial charge in [-0.25, -0.2) is 0 Å². The molecule has 0 fully saturated rings. The summed E-state index contributed by atoms with van der Waals surface area (Å²) in [6.45, 7) is 9.06. The van der Waals surface area contributed by atoms with Crippen LogP contribution in [0.15, 0.2) is 22.8 Å². The van der Waals surface area contributed by atoms with Crippen molar-refractivity contribution in [1.82, 2.24) is 0 Å². The van der Waals surface area contributed by atoms with Gasteiger partial charge in [-0.05, 0) is 23.5 Å². The van der Waals surface area contributed by atoms with Crippen LogP contribution in [0.2, 0.25) is 0 Å². The lowest BCUT2D eigenvalue weighted by Gasteiger charge is -2.26. The predicted molar refractivity (Wildman–Crippen MR) is 51.0 cm³/mol. The van der Waals surface area contributed by atoms with Crippen LogP contribution in [-0.2, 0) is 6.42 Å². The molecular formula is C11H18O. The fourth-order valence-corrected chi connectivity index (χ4v) is 1.04. The molecule has 0 amide bonds. The Labute approximate surface area is 74.8 Å². The number of hydrogen-bond donors (Lipinski definition) is 0. The number of rotatable bonds is 2. The summed E-state index contributed by atoms with van der Waals surface area (Å²) in [5.74, 6) is 1.75. The first-order chi connectivity index (χ1) is 5.50. The van der Waals surface area contributed by atoms with E-state index in [0.29, 0.717) is 11.3 Å². The van der Waals surface area contributed by atoms with Crippen LogP contribution in [0.25, 0.3) is 0 Å². The highest BCUT2D eigenvalue weighted by Gasteiger charge is 2.20. The normalized spacial score (nSPS) is 14.7. The van der Waals surface area contributed by atoms with E-state index >= 15 is 0 Å². The molecule has 1 rings (SSSR count). The molecule has 0 aliphatic heterocycles. The van der Waals surface area contributed by atoms with Crippen molar-refractivity contribution in [2.75, 3.05) is 0 Å². The molecule has 1 nitrogen and oxygen atoms in total. The standard InChI is InChI=1S/C11H18O/c1-9(11(2,3)4)8-10-6-5-7-12-10/h5-7,9H,8H2,1-4H3. The Kier molecular flexibility index (Phi) is 2.61. The summed E-state index contributed by atoms with van der Waals surface area (Å²) in [7, 11) is 0. The van der Waals surface area contributed by atoms with Gasteiger partial charge in [-0.15, -0.1) is 0 Å². The van der Waals surface area contributed by atoms with E-state index in [2.05, 4.69) is 27.7 Å². The third kappa shape index (κ3) is 2.40. The number of furan rings is 1. The highest BCUT2D eigenvalue weighted by molar-refractivity contribution is 4.99. The van der Waals surface area contributed by atoms with Gasteiger partial charge in [0.15, 0.2) is 0 Å². The zero-order valence-electron chi connectivity index (χ0n) is 8.42. The second-order valence-corrected chi connectivity index (χ2v) is 4.55. The number of hydrogen-bond acceptors (Lipinski definition) is 1. The lowest BCUT2D eigenvalue weighted by atomic mass is 9.80. The average molecular weight is 166 g/mol. The molecule has 1 aromatic heterocycles. The first kappa shape index (κ1) is 9.37. The molecule has 0 saturated carbocycles. The molecule has 0 aromatic carbocycles. The molecule has 68 valence electrons.